The van der Waals surface area contributed by atoms with Gasteiger partial charge in [0.15, 0.2) is 0 Å². The lowest BCUT2D eigenvalue weighted by Crippen LogP contribution is -2.13. The Hall–Kier alpha value is -2.73. The fourth-order valence-corrected chi connectivity index (χ4v) is 4.55. The SMILES string of the molecule is CCCCOc1cccc(C(=O)Nc2ccn3c2CSC3c2cccnc2)c1. The first-order chi connectivity index (χ1) is 13.8. The lowest BCUT2D eigenvalue weighted by atomic mass is 10.2. The number of hydrogen-bond acceptors (Lipinski definition) is 4. The minimum absolute atomic E-state index is 0.121. The Bertz CT molecular complexity index is 955. The summed E-state index contributed by atoms with van der Waals surface area (Å²) in [5, 5.41) is 3.26. The van der Waals surface area contributed by atoms with Crippen molar-refractivity contribution < 1.29 is 9.53 Å². The minimum atomic E-state index is -0.121. The van der Waals surface area contributed by atoms with Gasteiger partial charge in [0, 0.05) is 35.5 Å². The molecule has 144 valence electrons. The highest BCUT2D eigenvalue weighted by atomic mass is 32.2. The van der Waals surface area contributed by atoms with Crippen LogP contribution >= 0.6 is 11.8 Å². The number of nitrogens with zero attached hydrogens (tertiary/aromatic N) is 2. The molecule has 0 bridgehead atoms. The molecule has 2 aromatic heterocycles. The molecule has 1 atom stereocenters. The third-order valence-corrected chi connectivity index (χ3v) is 5.99. The molecule has 4 rings (SSSR count). The molecule has 28 heavy (non-hydrogen) atoms. The molecule has 0 radical (unpaired) electrons. The van der Waals surface area contributed by atoms with E-state index in [1.54, 1.807) is 12.3 Å². The number of rotatable bonds is 7. The van der Waals surface area contributed by atoms with E-state index in [9.17, 15) is 4.79 Å². The third kappa shape index (κ3) is 3.92. The Labute approximate surface area is 169 Å². The molecule has 1 N–H and O–H groups in total. The van der Waals surface area contributed by atoms with Crippen molar-refractivity contribution in [3.05, 3.63) is 77.9 Å². The van der Waals surface area contributed by atoms with Crippen LogP contribution in [0.1, 0.15) is 46.8 Å². The summed E-state index contributed by atoms with van der Waals surface area (Å²) in [7, 11) is 0. The number of carbonyl (C=O) groups is 1. The van der Waals surface area contributed by atoms with Gasteiger partial charge >= 0.3 is 0 Å². The standard InChI is InChI=1S/C22H23N3O2S/c1-2-3-12-27-18-8-4-6-16(13-18)21(26)24-19-9-11-25-20(19)15-28-22(25)17-7-5-10-23-14-17/h4-11,13-14,22H,2-3,12,15H2,1H3,(H,24,26). The second-order valence-electron chi connectivity index (χ2n) is 6.72. The van der Waals surface area contributed by atoms with Gasteiger partial charge in [-0.1, -0.05) is 25.5 Å². The summed E-state index contributed by atoms with van der Waals surface area (Å²) < 4.78 is 7.93. The monoisotopic (exact) mass is 393 g/mol. The van der Waals surface area contributed by atoms with Crippen molar-refractivity contribution in [2.45, 2.75) is 30.9 Å². The van der Waals surface area contributed by atoms with Crippen LogP contribution in [0.5, 0.6) is 5.75 Å². The molecular weight excluding hydrogens is 370 g/mol. The van der Waals surface area contributed by atoms with Crippen molar-refractivity contribution in [3.63, 3.8) is 0 Å². The van der Waals surface area contributed by atoms with E-state index in [1.165, 1.54) is 0 Å². The van der Waals surface area contributed by atoms with Gasteiger partial charge in [-0.15, -0.1) is 11.8 Å². The van der Waals surface area contributed by atoms with E-state index in [4.69, 9.17) is 4.74 Å². The number of benzene rings is 1. The Morgan fingerprint density at radius 3 is 3.07 bits per heavy atom. The van der Waals surface area contributed by atoms with Gasteiger partial charge in [-0.2, -0.15) is 0 Å². The zero-order valence-corrected chi connectivity index (χ0v) is 16.6. The predicted molar refractivity (Wildman–Crippen MR) is 113 cm³/mol. The summed E-state index contributed by atoms with van der Waals surface area (Å²) in [6.45, 7) is 2.79. The maximum absolute atomic E-state index is 12.8. The topological polar surface area (TPSA) is 56.1 Å². The van der Waals surface area contributed by atoms with Gasteiger partial charge < -0.3 is 14.6 Å². The van der Waals surface area contributed by atoms with Crippen molar-refractivity contribution >= 4 is 23.4 Å². The summed E-state index contributed by atoms with van der Waals surface area (Å²) in [4.78, 5) is 17.0. The van der Waals surface area contributed by atoms with Gasteiger partial charge in [0.1, 0.15) is 11.1 Å². The zero-order valence-electron chi connectivity index (χ0n) is 15.8. The molecule has 3 heterocycles. The van der Waals surface area contributed by atoms with Crippen molar-refractivity contribution in [3.8, 4) is 5.75 Å². The average molecular weight is 394 g/mol. The van der Waals surface area contributed by atoms with Crippen molar-refractivity contribution in [1.82, 2.24) is 9.55 Å². The number of unbranched alkanes of at least 4 members (excludes halogenated alkanes) is 1. The number of hydrogen-bond donors (Lipinski definition) is 1. The highest BCUT2D eigenvalue weighted by Crippen LogP contribution is 2.43. The Morgan fingerprint density at radius 2 is 2.25 bits per heavy atom. The molecule has 1 aromatic carbocycles. The van der Waals surface area contributed by atoms with Gasteiger partial charge in [-0.25, -0.2) is 0 Å². The Kier molecular flexibility index (Phi) is 5.67. The number of amides is 1. The number of thioether (sulfide) groups is 1. The molecule has 0 aliphatic carbocycles. The number of anilines is 1. The Balaban J connectivity index is 1.47. The first-order valence-electron chi connectivity index (χ1n) is 9.51. The highest BCUT2D eigenvalue weighted by molar-refractivity contribution is 7.99. The molecule has 3 aromatic rings. The largest absolute Gasteiger partial charge is 0.494 e. The number of pyridine rings is 1. The number of nitrogens with one attached hydrogen (secondary N) is 1. The van der Waals surface area contributed by atoms with Crippen LogP contribution in [0.25, 0.3) is 0 Å². The Morgan fingerprint density at radius 1 is 1.32 bits per heavy atom. The average Bonchev–Trinajstić information content (AvgIpc) is 3.32. The lowest BCUT2D eigenvalue weighted by molar-refractivity contribution is 0.102. The van der Waals surface area contributed by atoms with Crippen molar-refractivity contribution in [1.29, 1.82) is 0 Å². The molecule has 1 aliphatic rings. The molecule has 6 heteroatoms. The molecule has 5 nitrogen and oxygen atoms in total. The van der Waals surface area contributed by atoms with Crippen LogP contribution in [0.2, 0.25) is 0 Å². The maximum Gasteiger partial charge on any atom is 0.255 e. The lowest BCUT2D eigenvalue weighted by Gasteiger charge is -2.12. The van der Waals surface area contributed by atoms with E-state index in [0.29, 0.717) is 12.2 Å². The predicted octanol–water partition coefficient (Wildman–Crippen LogP) is 5.11. The molecule has 0 fully saturated rings. The van der Waals surface area contributed by atoms with Crippen molar-refractivity contribution in [2.75, 3.05) is 11.9 Å². The van der Waals surface area contributed by atoms with E-state index in [0.717, 1.165) is 41.3 Å². The van der Waals surface area contributed by atoms with Crippen LogP contribution in [-0.4, -0.2) is 22.1 Å². The number of carbonyl (C=O) groups excluding carboxylic acids is 1. The molecule has 0 spiro atoms. The zero-order chi connectivity index (χ0) is 19.3. The first-order valence-corrected chi connectivity index (χ1v) is 10.6. The fourth-order valence-electron chi connectivity index (χ4n) is 3.24. The minimum Gasteiger partial charge on any atom is -0.494 e. The van der Waals surface area contributed by atoms with Crippen LogP contribution in [0.15, 0.2) is 61.1 Å². The van der Waals surface area contributed by atoms with Gasteiger partial charge in [0.05, 0.1) is 18.0 Å². The smallest absolute Gasteiger partial charge is 0.255 e. The summed E-state index contributed by atoms with van der Waals surface area (Å²) in [6, 6.07) is 13.4. The van der Waals surface area contributed by atoms with Crippen LogP contribution < -0.4 is 10.1 Å². The van der Waals surface area contributed by atoms with Gasteiger partial charge in [-0.05, 0) is 36.8 Å². The summed E-state index contributed by atoms with van der Waals surface area (Å²) in [5.41, 5.74) is 3.75. The summed E-state index contributed by atoms with van der Waals surface area (Å²) >= 11 is 1.83. The highest BCUT2D eigenvalue weighted by Gasteiger charge is 2.27. The second-order valence-corrected chi connectivity index (χ2v) is 7.79. The molecule has 1 unspecified atom stereocenters. The van der Waals surface area contributed by atoms with Crippen molar-refractivity contribution in [2.24, 2.45) is 0 Å². The first kappa shape index (κ1) is 18.6. The molecule has 1 aliphatic heterocycles. The van der Waals surface area contributed by atoms with Crippen LogP contribution in [0.4, 0.5) is 5.69 Å². The third-order valence-electron chi connectivity index (χ3n) is 4.74. The fraction of sp³-hybridized carbons (Fsp3) is 0.273. The van der Waals surface area contributed by atoms with E-state index < -0.39 is 0 Å². The van der Waals surface area contributed by atoms with Crippen LogP contribution in [-0.2, 0) is 5.75 Å². The van der Waals surface area contributed by atoms with E-state index in [-0.39, 0.29) is 11.3 Å². The van der Waals surface area contributed by atoms with Crippen LogP contribution in [0.3, 0.4) is 0 Å². The molecule has 0 saturated carbocycles. The normalized spacial score (nSPS) is 15.2. The van der Waals surface area contributed by atoms with Gasteiger partial charge in [-0.3, -0.25) is 9.78 Å². The van der Waals surface area contributed by atoms with E-state index in [2.05, 4.69) is 27.9 Å². The second kappa shape index (κ2) is 8.52. The number of ether oxygens (including phenoxy) is 1. The number of fused-ring (bicyclic) bond motifs is 1. The quantitative estimate of drug-likeness (QED) is 0.567. The van der Waals surface area contributed by atoms with E-state index in [1.807, 2.05) is 54.5 Å². The van der Waals surface area contributed by atoms with E-state index >= 15 is 0 Å². The van der Waals surface area contributed by atoms with Gasteiger partial charge in [0.25, 0.3) is 5.91 Å². The molecule has 0 saturated heterocycles. The summed E-state index contributed by atoms with van der Waals surface area (Å²) in [5.74, 6) is 1.46. The summed E-state index contributed by atoms with van der Waals surface area (Å²) in [6.07, 6.45) is 7.80. The molecule has 1 amide bonds. The van der Waals surface area contributed by atoms with Gasteiger partial charge in [0.2, 0.25) is 0 Å². The number of aromatic nitrogens is 2. The maximum atomic E-state index is 12.8. The molecular formula is C22H23N3O2S. The van der Waals surface area contributed by atoms with Crippen LogP contribution in [0, 0.1) is 0 Å².